The van der Waals surface area contributed by atoms with Crippen LogP contribution in [-0.2, 0) is 22.6 Å². The van der Waals surface area contributed by atoms with E-state index >= 15 is 0 Å². The van der Waals surface area contributed by atoms with Crippen LogP contribution in [0.5, 0.6) is 5.75 Å². The number of nitrogens with one attached hydrogen (secondary N) is 1. The van der Waals surface area contributed by atoms with Gasteiger partial charge in [-0.2, -0.15) is 0 Å². The van der Waals surface area contributed by atoms with Crippen molar-refractivity contribution in [2.24, 2.45) is 0 Å². The number of aromatic nitrogens is 2. The van der Waals surface area contributed by atoms with E-state index in [0.29, 0.717) is 19.6 Å². The van der Waals surface area contributed by atoms with Gasteiger partial charge < -0.3 is 14.5 Å². The second-order valence-corrected chi connectivity index (χ2v) is 8.60. The maximum atomic E-state index is 12.2. The number of H-pyrrole nitrogens is 1. The van der Waals surface area contributed by atoms with Crippen LogP contribution in [0.15, 0.2) is 30.3 Å². The van der Waals surface area contributed by atoms with Crippen molar-refractivity contribution in [2.75, 3.05) is 6.61 Å². The molecule has 1 N–H and O–H groups in total. The van der Waals surface area contributed by atoms with Gasteiger partial charge in [-0.3, -0.25) is 9.78 Å². The molecule has 0 saturated heterocycles. The van der Waals surface area contributed by atoms with Gasteiger partial charge in [0.2, 0.25) is 0 Å². The van der Waals surface area contributed by atoms with Crippen LogP contribution >= 0.6 is 0 Å². The average molecular weight is 421 g/mol. The van der Waals surface area contributed by atoms with E-state index in [-0.39, 0.29) is 11.9 Å². The van der Waals surface area contributed by atoms with Crippen LogP contribution in [0.1, 0.15) is 73.2 Å². The van der Waals surface area contributed by atoms with Crippen LogP contribution in [0.25, 0.3) is 10.9 Å². The molecule has 3 aromatic rings. The molecule has 0 fully saturated rings. The van der Waals surface area contributed by atoms with E-state index < -0.39 is 0 Å². The molecule has 0 radical (unpaired) electrons. The molecular formula is C26H32N2O3. The molecule has 0 spiro atoms. The van der Waals surface area contributed by atoms with Gasteiger partial charge in [0, 0.05) is 28.4 Å². The molecule has 0 amide bonds. The third-order valence-electron chi connectivity index (χ3n) is 6.04. The van der Waals surface area contributed by atoms with Crippen molar-refractivity contribution >= 4 is 16.9 Å². The first-order valence-corrected chi connectivity index (χ1v) is 11.4. The lowest BCUT2D eigenvalue weighted by Gasteiger charge is -2.20. The summed E-state index contributed by atoms with van der Waals surface area (Å²) >= 11 is 0. The van der Waals surface area contributed by atoms with Gasteiger partial charge in [-0.05, 0) is 81.3 Å². The van der Waals surface area contributed by atoms with E-state index in [1.807, 2.05) is 19.9 Å². The Morgan fingerprint density at radius 2 is 2.03 bits per heavy atom. The Morgan fingerprint density at radius 1 is 1.16 bits per heavy atom. The van der Waals surface area contributed by atoms with E-state index in [1.165, 1.54) is 35.0 Å². The van der Waals surface area contributed by atoms with Crippen LogP contribution in [0, 0.1) is 13.8 Å². The topological polar surface area (TPSA) is 64.2 Å². The lowest BCUT2D eigenvalue weighted by molar-refractivity contribution is -0.143. The Labute approximate surface area is 184 Å². The molecule has 1 aliphatic carbocycles. The summed E-state index contributed by atoms with van der Waals surface area (Å²) in [4.78, 5) is 20.4. The first kappa shape index (κ1) is 21.4. The summed E-state index contributed by atoms with van der Waals surface area (Å²) in [6.45, 7) is 6.82. The van der Waals surface area contributed by atoms with E-state index in [4.69, 9.17) is 9.47 Å². The molecule has 2 aromatic heterocycles. The maximum Gasteiger partial charge on any atom is 0.306 e. The number of carbonyl (C=O) groups is 1. The van der Waals surface area contributed by atoms with E-state index in [0.717, 1.165) is 41.9 Å². The zero-order valence-corrected chi connectivity index (χ0v) is 18.8. The summed E-state index contributed by atoms with van der Waals surface area (Å²) in [5, 5.41) is 1.20. The van der Waals surface area contributed by atoms with Gasteiger partial charge in [0.15, 0.2) is 0 Å². The molecule has 2 heterocycles. The first-order valence-electron chi connectivity index (χ1n) is 11.4. The molecular weight excluding hydrogens is 388 g/mol. The summed E-state index contributed by atoms with van der Waals surface area (Å²) < 4.78 is 11.3. The van der Waals surface area contributed by atoms with Crippen LogP contribution in [0.4, 0.5) is 0 Å². The number of fused-ring (bicyclic) bond motifs is 3. The highest BCUT2D eigenvalue weighted by Gasteiger charge is 2.25. The molecule has 5 nitrogen and oxygen atoms in total. The largest absolute Gasteiger partial charge is 0.487 e. The highest BCUT2D eigenvalue weighted by molar-refractivity contribution is 5.87. The molecule has 0 aliphatic heterocycles. The van der Waals surface area contributed by atoms with Crippen molar-refractivity contribution in [2.45, 2.75) is 71.8 Å². The predicted molar refractivity (Wildman–Crippen MR) is 123 cm³/mol. The number of ether oxygens (including phenoxy) is 2. The highest BCUT2D eigenvalue weighted by Crippen LogP contribution is 2.38. The van der Waals surface area contributed by atoms with Gasteiger partial charge in [0.25, 0.3) is 0 Å². The zero-order valence-electron chi connectivity index (χ0n) is 18.8. The lowest BCUT2D eigenvalue weighted by Crippen LogP contribution is -2.13. The number of hydrogen-bond donors (Lipinski definition) is 1. The van der Waals surface area contributed by atoms with Crippen LogP contribution in [0.2, 0.25) is 0 Å². The van der Waals surface area contributed by atoms with Crippen LogP contribution < -0.4 is 4.74 Å². The Balaban J connectivity index is 1.59. The predicted octanol–water partition coefficient (Wildman–Crippen LogP) is 5.91. The quantitative estimate of drug-likeness (QED) is 0.503. The number of nitrogens with zero attached hydrogens (tertiary/aromatic N) is 1. The Bertz CT molecular complexity index is 1050. The Morgan fingerprint density at radius 3 is 2.84 bits per heavy atom. The molecule has 1 unspecified atom stereocenters. The van der Waals surface area contributed by atoms with Gasteiger partial charge in [-0.15, -0.1) is 0 Å². The summed E-state index contributed by atoms with van der Waals surface area (Å²) in [5.41, 5.74) is 6.77. The summed E-state index contributed by atoms with van der Waals surface area (Å²) in [7, 11) is 0. The lowest BCUT2D eigenvalue weighted by atomic mass is 9.85. The minimum Gasteiger partial charge on any atom is -0.487 e. The van der Waals surface area contributed by atoms with Crippen molar-refractivity contribution in [1.82, 2.24) is 9.97 Å². The van der Waals surface area contributed by atoms with E-state index in [2.05, 4.69) is 41.2 Å². The maximum absolute atomic E-state index is 12.2. The fourth-order valence-corrected chi connectivity index (χ4v) is 4.80. The smallest absolute Gasteiger partial charge is 0.306 e. The van der Waals surface area contributed by atoms with Gasteiger partial charge in [0.1, 0.15) is 12.4 Å². The molecule has 0 bridgehead atoms. The van der Waals surface area contributed by atoms with E-state index in [1.54, 1.807) is 0 Å². The van der Waals surface area contributed by atoms with Gasteiger partial charge in [-0.25, -0.2) is 0 Å². The molecule has 164 valence electrons. The van der Waals surface area contributed by atoms with Crippen molar-refractivity contribution in [3.8, 4) is 5.75 Å². The molecule has 4 rings (SSSR count). The standard InChI is InChI=1S/C26H32N2O3/c1-4-30-25(29)14-19-8-6-5-7-9-23-26(19)22-11-10-21(15-24(22)28-23)31-16-20-13-17(2)12-18(3)27-20/h10-13,15,19,28H,4-9,14,16H2,1-3H3. The number of carbonyl (C=O) groups excluding carboxylic acids is 1. The highest BCUT2D eigenvalue weighted by atomic mass is 16.5. The Kier molecular flexibility index (Phi) is 6.59. The van der Waals surface area contributed by atoms with Gasteiger partial charge >= 0.3 is 5.97 Å². The fraction of sp³-hybridized carbons (Fsp3) is 0.462. The molecule has 1 aromatic carbocycles. The van der Waals surface area contributed by atoms with Gasteiger partial charge in [0.05, 0.1) is 18.7 Å². The van der Waals surface area contributed by atoms with Crippen molar-refractivity contribution in [3.05, 3.63) is 58.5 Å². The van der Waals surface area contributed by atoms with Crippen molar-refractivity contribution < 1.29 is 14.3 Å². The molecule has 31 heavy (non-hydrogen) atoms. The number of aromatic amines is 1. The number of benzene rings is 1. The minimum absolute atomic E-state index is 0.103. The minimum atomic E-state index is -0.103. The third kappa shape index (κ3) is 5.09. The summed E-state index contributed by atoms with van der Waals surface area (Å²) in [5.74, 6) is 0.924. The number of aryl methyl sites for hydroxylation is 3. The zero-order chi connectivity index (χ0) is 21.8. The van der Waals surface area contributed by atoms with Crippen molar-refractivity contribution in [3.63, 3.8) is 0 Å². The number of pyridine rings is 1. The van der Waals surface area contributed by atoms with Gasteiger partial charge in [-0.1, -0.05) is 12.8 Å². The Hall–Kier alpha value is -2.82. The fourth-order valence-electron chi connectivity index (χ4n) is 4.80. The number of rotatable bonds is 6. The summed E-state index contributed by atoms with van der Waals surface area (Å²) in [6.07, 6.45) is 6.02. The second-order valence-electron chi connectivity index (χ2n) is 8.60. The van der Waals surface area contributed by atoms with E-state index in [9.17, 15) is 4.79 Å². The molecule has 0 saturated carbocycles. The normalized spacial score (nSPS) is 16.4. The third-order valence-corrected chi connectivity index (χ3v) is 6.04. The number of esters is 1. The summed E-state index contributed by atoms with van der Waals surface area (Å²) in [6, 6.07) is 10.4. The molecule has 1 aliphatic rings. The first-order chi connectivity index (χ1) is 15.0. The van der Waals surface area contributed by atoms with Crippen LogP contribution in [-0.4, -0.2) is 22.5 Å². The molecule has 5 heteroatoms. The average Bonchev–Trinajstić information content (AvgIpc) is 3.05. The monoisotopic (exact) mass is 420 g/mol. The molecule has 1 atom stereocenters. The van der Waals surface area contributed by atoms with Crippen LogP contribution in [0.3, 0.4) is 0 Å². The van der Waals surface area contributed by atoms with Crippen molar-refractivity contribution in [1.29, 1.82) is 0 Å². The number of hydrogen-bond acceptors (Lipinski definition) is 4. The second kappa shape index (κ2) is 9.54. The SMILES string of the molecule is CCOC(=O)CC1CCCCCc2[nH]c3cc(OCc4cc(C)cc(C)n4)ccc3c21.